The zero-order chi connectivity index (χ0) is 18.1. The summed E-state index contributed by atoms with van der Waals surface area (Å²) in [5, 5.41) is 2.98. The number of amides is 1. The van der Waals surface area contributed by atoms with Crippen LogP contribution in [0.2, 0.25) is 0 Å². The van der Waals surface area contributed by atoms with Crippen LogP contribution in [-0.4, -0.2) is 49.9 Å². The largest absolute Gasteiger partial charge is 0.340 e. The minimum Gasteiger partial charge on any atom is -0.340 e. The van der Waals surface area contributed by atoms with Gasteiger partial charge in [-0.1, -0.05) is 6.07 Å². The Morgan fingerprint density at radius 3 is 2.54 bits per heavy atom. The molecule has 0 unspecified atom stereocenters. The smallest absolute Gasteiger partial charge is 0.239 e. The minimum absolute atomic E-state index is 0.0237. The SMILES string of the molecule is C[C@H](N[C@H](C)c1ccc(F)cc1F)C(=O)N(C)[C@@H]1CCS(=O)(=O)C1. The van der Waals surface area contributed by atoms with Crippen molar-refractivity contribution in [2.24, 2.45) is 0 Å². The molecule has 134 valence electrons. The molecule has 0 bridgehead atoms. The highest BCUT2D eigenvalue weighted by Crippen LogP contribution is 2.20. The predicted octanol–water partition coefficient (Wildman–Crippen LogP) is 1.65. The zero-order valence-electron chi connectivity index (χ0n) is 13.9. The van der Waals surface area contributed by atoms with Crippen molar-refractivity contribution in [1.82, 2.24) is 10.2 Å². The summed E-state index contributed by atoms with van der Waals surface area (Å²) in [5.74, 6) is -1.52. The van der Waals surface area contributed by atoms with Gasteiger partial charge >= 0.3 is 0 Å². The van der Waals surface area contributed by atoms with Crippen molar-refractivity contribution in [2.45, 2.75) is 38.4 Å². The number of hydrogen-bond acceptors (Lipinski definition) is 4. The third-order valence-electron chi connectivity index (χ3n) is 4.40. The van der Waals surface area contributed by atoms with Crippen LogP contribution in [0.15, 0.2) is 18.2 Å². The number of carbonyl (C=O) groups is 1. The van der Waals surface area contributed by atoms with Crippen LogP contribution in [0, 0.1) is 11.6 Å². The normalized spacial score (nSPS) is 22.1. The number of hydrogen-bond donors (Lipinski definition) is 1. The van der Waals surface area contributed by atoms with Crippen LogP contribution in [0.1, 0.15) is 31.9 Å². The highest BCUT2D eigenvalue weighted by Gasteiger charge is 2.34. The third kappa shape index (κ3) is 4.30. The van der Waals surface area contributed by atoms with Crippen LogP contribution in [0.3, 0.4) is 0 Å². The molecule has 1 heterocycles. The molecule has 3 atom stereocenters. The highest BCUT2D eigenvalue weighted by molar-refractivity contribution is 7.91. The molecule has 0 aliphatic carbocycles. The molecule has 24 heavy (non-hydrogen) atoms. The summed E-state index contributed by atoms with van der Waals surface area (Å²) in [5.41, 5.74) is 0.266. The van der Waals surface area contributed by atoms with Gasteiger partial charge in [-0.25, -0.2) is 17.2 Å². The van der Waals surface area contributed by atoms with E-state index in [1.807, 2.05) is 0 Å². The summed E-state index contributed by atoms with van der Waals surface area (Å²) in [6, 6.07) is 1.86. The van der Waals surface area contributed by atoms with Crippen LogP contribution >= 0.6 is 0 Å². The summed E-state index contributed by atoms with van der Waals surface area (Å²) in [6.07, 6.45) is 0.430. The maximum atomic E-state index is 13.8. The fraction of sp³-hybridized carbons (Fsp3) is 0.562. The lowest BCUT2D eigenvalue weighted by atomic mass is 10.1. The van der Waals surface area contributed by atoms with Crippen molar-refractivity contribution in [3.63, 3.8) is 0 Å². The molecule has 1 saturated heterocycles. The topological polar surface area (TPSA) is 66.5 Å². The zero-order valence-corrected chi connectivity index (χ0v) is 14.7. The predicted molar refractivity (Wildman–Crippen MR) is 87.2 cm³/mol. The van der Waals surface area contributed by atoms with Crippen LogP contribution in [0.25, 0.3) is 0 Å². The van der Waals surface area contributed by atoms with E-state index in [0.717, 1.165) is 6.07 Å². The average molecular weight is 360 g/mol. The van der Waals surface area contributed by atoms with E-state index in [1.165, 1.54) is 17.0 Å². The Morgan fingerprint density at radius 2 is 2.00 bits per heavy atom. The number of halogens is 2. The summed E-state index contributed by atoms with van der Waals surface area (Å²) < 4.78 is 49.9. The van der Waals surface area contributed by atoms with Crippen molar-refractivity contribution < 1.29 is 22.0 Å². The summed E-state index contributed by atoms with van der Waals surface area (Å²) in [6.45, 7) is 3.32. The molecular formula is C16H22F2N2O3S. The van der Waals surface area contributed by atoms with Gasteiger partial charge in [-0.3, -0.25) is 10.1 Å². The lowest BCUT2D eigenvalue weighted by Gasteiger charge is -2.28. The summed E-state index contributed by atoms with van der Waals surface area (Å²) in [4.78, 5) is 13.9. The van der Waals surface area contributed by atoms with E-state index in [0.29, 0.717) is 6.42 Å². The van der Waals surface area contributed by atoms with Crippen molar-refractivity contribution >= 4 is 15.7 Å². The van der Waals surface area contributed by atoms with E-state index in [-0.39, 0.29) is 29.0 Å². The van der Waals surface area contributed by atoms with Crippen LogP contribution in [-0.2, 0) is 14.6 Å². The standard InChI is InChI=1S/C16H22F2N2O3S/c1-10(14-5-4-12(17)8-15(14)18)19-11(2)16(21)20(3)13-6-7-24(22,23)9-13/h4-5,8,10-11,13,19H,6-7,9H2,1-3H3/t10-,11+,13-/m1/s1. The second kappa shape index (κ2) is 7.14. The number of likely N-dealkylation sites (N-methyl/N-ethyl adjacent to an activating group) is 1. The molecule has 2 rings (SSSR count). The molecule has 5 nitrogen and oxygen atoms in total. The third-order valence-corrected chi connectivity index (χ3v) is 6.15. The molecule has 1 fully saturated rings. The van der Waals surface area contributed by atoms with E-state index >= 15 is 0 Å². The summed E-state index contributed by atoms with van der Waals surface area (Å²) in [7, 11) is -1.50. The second-order valence-corrected chi connectivity index (χ2v) is 8.51. The Bertz CT molecular complexity index is 724. The van der Waals surface area contributed by atoms with Gasteiger partial charge in [-0.15, -0.1) is 0 Å². The first-order valence-electron chi connectivity index (χ1n) is 7.79. The molecular weight excluding hydrogens is 338 g/mol. The number of sulfone groups is 1. The van der Waals surface area contributed by atoms with E-state index < -0.39 is 33.6 Å². The molecule has 1 amide bonds. The number of nitrogens with zero attached hydrogens (tertiary/aromatic N) is 1. The minimum atomic E-state index is -3.07. The lowest BCUT2D eigenvalue weighted by Crippen LogP contribution is -2.48. The Kier molecular flexibility index (Phi) is 5.59. The van der Waals surface area contributed by atoms with Crippen LogP contribution in [0.5, 0.6) is 0 Å². The first-order chi connectivity index (χ1) is 11.1. The highest BCUT2D eigenvalue weighted by atomic mass is 32.2. The number of nitrogens with one attached hydrogen (secondary N) is 1. The van der Waals surface area contributed by atoms with Gasteiger partial charge in [0.25, 0.3) is 0 Å². The first kappa shape index (κ1) is 18.8. The van der Waals surface area contributed by atoms with E-state index in [1.54, 1.807) is 20.9 Å². The van der Waals surface area contributed by atoms with Crippen molar-refractivity contribution in [3.05, 3.63) is 35.4 Å². The molecule has 1 aliphatic rings. The fourth-order valence-electron chi connectivity index (χ4n) is 2.95. The average Bonchev–Trinajstić information content (AvgIpc) is 2.85. The lowest BCUT2D eigenvalue weighted by molar-refractivity contribution is -0.133. The second-order valence-electron chi connectivity index (χ2n) is 6.28. The molecule has 1 aliphatic heterocycles. The van der Waals surface area contributed by atoms with Gasteiger partial charge in [0.15, 0.2) is 9.84 Å². The van der Waals surface area contributed by atoms with Crippen LogP contribution < -0.4 is 5.32 Å². The van der Waals surface area contributed by atoms with Crippen molar-refractivity contribution in [1.29, 1.82) is 0 Å². The van der Waals surface area contributed by atoms with Gasteiger partial charge in [0.05, 0.1) is 17.5 Å². The molecule has 0 aromatic heterocycles. The van der Waals surface area contributed by atoms with Crippen LogP contribution in [0.4, 0.5) is 8.78 Å². The number of carbonyl (C=O) groups excluding carboxylic acids is 1. The van der Waals surface area contributed by atoms with Gasteiger partial charge in [0, 0.05) is 30.8 Å². The summed E-state index contributed by atoms with van der Waals surface area (Å²) >= 11 is 0. The van der Waals surface area contributed by atoms with Gasteiger partial charge in [-0.2, -0.15) is 0 Å². The Hall–Kier alpha value is -1.54. The number of benzene rings is 1. The molecule has 8 heteroatoms. The molecule has 1 N–H and O–H groups in total. The molecule has 1 aromatic carbocycles. The quantitative estimate of drug-likeness (QED) is 0.867. The molecule has 0 spiro atoms. The van der Waals surface area contributed by atoms with E-state index in [2.05, 4.69) is 5.32 Å². The maximum absolute atomic E-state index is 13.8. The monoisotopic (exact) mass is 360 g/mol. The first-order valence-corrected chi connectivity index (χ1v) is 9.61. The van der Waals surface area contributed by atoms with Crippen molar-refractivity contribution in [2.75, 3.05) is 18.6 Å². The van der Waals surface area contributed by atoms with Gasteiger partial charge in [0.2, 0.25) is 5.91 Å². The molecule has 0 saturated carbocycles. The Balaban J connectivity index is 2.00. The maximum Gasteiger partial charge on any atom is 0.239 e. The molecule has 0 radical (unpaired) electrons. The Labute approximate surface area is 141 Å². The van der Waals surface area contributed by atoms with Gasteiger partial charge < -0.3 is 4.90 Å². The van der Waals surface area contributed by atoms with Crippen molar-refractivity contribution in [3.8, 4) is 0 Å². The number of rotatable bonds is 5. The van der Waals surface area contributed by atoms with E-state index in [4.69, 9.17) is 0 Å². The fourth-order valence-corrected chi connectivity index (χ4v) is 4.73. The Morgan fingerprint density at radius 1 is 1.33 bits per heavy atom. The van der Waals surface area contributed by atoms with Gasteiger partial charge in [-0.05, 0) is 26.3 Å². The van der Waals surface area contributed by atoms with Gasteiger partial charge in [0.1, 0.15) is 11.6 Å². The molecule has 1 aromatic rings. The van der Waals surface area contributed by atoms with E-state index in [9.17, 15) is 22.0 Å².